The summed E-state index contributed by atoms with van der Waals surface area (Å²) < 4.78 is 11.7. The minimum absolute atomic E-state index is 0.00737. The van der Waals surface area contributed by atoms with Crippen molar-refractivity contribution in [3.63, 3.8) is 0 Å². The van der Waals surface area contributed by atoms with Crippen LogP contribution in [0.3, 0.4) is 0 Å². The van der Waals surface area contributed by atoms with Crippen molar-refractivity contribution >= 4 is 51.4 Å². The van der Waals surface area contributed by atoms with Crippen molar-refractivity contribution in [3.05, 3.63) is 64.2 Å². The van der Waals surface area contributed by atoms with E-state index in [9.17, 15) is 4.79 Å². The highest BCUT2D eigenvalue weighted by Gasteiger charge is 2.35. The van der Waals surface area contributed by atoms with Crippen LogP contribution in [0.4, 0.5) is 0 Å². The van der Waals surface area contributed by atoms with Crippen molar-refractivity contribution in [2.75, 3.05) is 6.61 Å². The van der Waals surface area contributed by atoms with Gasteiger partial charge in [0.1, 0.15) is 11.7 Å². The second-order valence-corrected chi connectivity index (χ2v) is 8.33. The molecule has 0 saturated heterocycles. The van der Waals surface area contributed by atoms with Crippen molar-refractivity contribution in [3.8, 4) is 11.5 Å². The van der Waals surface area contributed by atoms with Gasteiger partial charge >= 0.3 is 0 Å². The molecule has 2 aromatic rings. The number of hydrogen-bond donors (Lipinski definition) is 1. The van der Waals surface area contributed by atoms with Crippen LogP contribution in [0, 0.1) is 5.41 Å². The molecule has 2 heterocycles. The van der Waals surface area contributed by atoms with Gasteiger partial charge in [0.15, 0.2) is 17.3 Å². The van der Waals surface area contributed by atoms with E-state index in [4.69, 9.17) is 26.5 Å². The lowest BCUT2D eigenvalue weighted by molar-refractivity contribution is -0.114. The number of nitrogens with one attached hydrogen (secondary N) is 1. The van der Waals surface area contributed by atoms with Gasteiger partial charge < -0.3 is 9.47 Å². The van der Waals surface area contributed by atoms with Gasteiger partial charge in [-0.1, -0.05) is 42.8 Å². The zero-order valence-electron chi connectivity index (χ0n) is 17.6. The number of nitrogens with zero attached hydrogens (tertiary/aromatic N) is 3. The Hall–Kier alpha value is -3.10. The van der Waals surface area contributed by atoms with Crippen molar-refractivity contribution in [1.29, 1.82) is 5.41 Å². The molecule has 9 heteroatoms. The molecule has 1 amide bonds. The maximum atomic E-state index is 12.6. The number of benzene rings is 2. The molecule has 32 heavy (non-hydrogen) atoms. The van der Waals surface area contributed by atoms with E-state index in [-0.39, 0.29) is 11.4 Å². The van der Waals surface area contributed by atoms with Crippen molar-refractivity contribution in [2.24, 2.45) is 10.1 Å². The molecular formula is C23H21ClN4O3S. The highest BCUT2D eigenvalue weighted by Crippen LogP contribution is 2.33. The van der Waals surface area contributed by atoms with Crippen molar-refractivity contribution in [1.82, 2.24) is 5.01 Å². The van der Waals surface area contributed by atoms with Gasteiger partial charge in [-0.15, -0.1) is 0 Å². The molecule has 164 valence electrons. The van der Waals surface area contributed by atoms with Crippen LogP contribution >= 0.6 is 23.4 Å². The lowest BCUT2D eigenvalue weighted by Gasteiger charge is -2.20. The lowest BCUT2D eigenvalue weighted by Crippen LogP contribution is -2.35. The molecule has 0 radical (unpaired) electrons. The Labute approximate surface area is 195 Å². The number of amides is 1. The van der Waals surface area contributed by atoms with E-state index in [0.29, 0.717) is 46.9 Å². The monoisotopic (exact) mass is 468 g/mol. The Morgan fingerprint density at radius 1 is 1.16 bits per heavy atom. The average Bonchev–Trinajstić information content (AvgIpc) is 3.20. The summed E-state index contributed by atoms with van der Waals surface area (Å²) in [6.07, 6.45) is 2.34. The van der Waals surface area contributed by atoms with Gasteiger partial charge in [-0.25, -0.2) is 0 Å². The number of hydrogen-bond acceptors (Lipinski definition) is 6. The largest absolute Gasteiger partial charge is 0.490 e. The summed E-state index contributed by atoms with van der Waals surface area (Å²) in [4.78, 5) is 16.7. The summed E-state index contributed by atoms with van der Waals surface area (Å²) in [6.45, 7) is 4.60. The van der Waals surface area contributed by atoms with E-state index in [2.05, 4.69) is 10.1 Å². The third-order valence-corrected chi connectivity index (χ3v) is 6.14. The molecule has 2 aromatic carbocycles. The first-order chi connectivity index (χ1) is 15.5. The predicted molar refractivity (Wildman–Crippen MR) is 129 cm³/mol. The number of carbonyl (C=O) groups is 1. The number of thioether (sulfide) groups is 1. The second-order valence-electron chi connectivity index (χ2n) is 6.89. The van der Waals surface area contributed by atoms with Gasteiger partial charge in [-0.3, -0.25) is 10.2 Å². The fourth-order valence-corrected chi connectivity index (χ4v) is 4.13. The number of ether oxygens (including phenoxy) is 2. The fraction of sp³-hybridized carbons (Fsp3) is 0.217. The van der Waals surface area contributed by atoms with E-state index in [0.717, 1.165) is 10.6 Å². The first kappa shape index (κ1) is 22.1. The molecule has 2 aliphatic rings. The van der Waals surface area contributed by atoms with E-state index in [1.54, 1.807) is 24.3 Å². The van der Waals surface area contributed by atoms with E-state index in [1.165, 1.54) is 16.8 Å². The molecule has 4 rings (SSSR count). The number of carbonyl (C=O) groups excluding carboxylic acids is 1. The van der Waals surface area contributed by atoms with Gasteiger partial charge in [0, 0.05) is 10.6 Å². The smallest absolute Gasteiger partial charge is 0.283 e. The van der Waals surface area contributed by atoms with Crippen LogP contribution in [0.25, 0.3) is 6.08 Å². The highest BCUT2D eigenvalue weighted by atomic mass is 35.5. The van der Waals surface area contributed by atoms with Gasteiger partial charge in [-0.05, 0) is 54.9 Å². The van der Waals surface area contributed by atoms with E-state index in [1.807, 2.05) is 38.1 Å². The number of aliphatic imine (C=N–C) groups is 1. The van der Waals surface area contributed by atoms with Crippen LogP contribution in [-0.2, 0) is 11.4 Å². The molecule has 0 aromatic heterocycles. The molecule has 2 aliphatic heterocycles. The van der Waals surface area contributed by atoms with E-state index < -0.39 is 5.91 Å². The second kappa shape index (κ2) is 9.58. The Morgan fingerprint density at radius 3 is 2.72 bits per heavy atom. The molecule has 0 aliphatic carbocycles. The Bertz CT molecular complexity index is 1180. The Balaban J connectivity index is 1.59. The lowest BCUT2D eigenvalue weighted by atomic mass is 10.1. The first-order valence-corrected chi connectivity index (χ1v) is 11.3. The number of rotatable bonds is 7. The van der Waals surface area contributed by atoms with Crippen LogP contribution in [0.15, 0.2) is 58.1 Å². The molecule has 0 atom stereocenters. The summed E-state index contributed by atoms with van der Waals surface area (Å²) in [5, 5.41) is 16.1. The number of amidine groups is 2. The van der Waals surface area contributed by atoms with Crippen LogP contribution in [-0.4, -0.2) is 33.6 Å². The standard InChI is InChI=1S/C23H21ClN4O3S/c1-3-20-27-28-21(25)16(22(29)26-23(28)32-20)11-14-9-10-18(19(12-14)30-4-2)31-13-15-7-5-6-8-17(15)24/h5-12,25H,3-4,13H2,1-2H3/b16-11-,25-21?. The maximum absolute atomic E-state index is 12.6. The summed E-state index contributed by atoms with van der Waals surface area (Å²) in [5.74, 6) is 0.648. The average molecular weight is 469 g/mol. The summed E-state index contributed by atoms with van der Waals surface area (Å²) >= 11 is 7.53. The van der Waals surface area contributed by atoms with Gasteiger partial charge in [0.25, 0.3) is 5.91 Å². The molecule has 0 bridgehead atoms. The number of hydrazone groups is 1. The Kier molecular flexibility index (Phi) is 6.62. The molecule has 0 fully saturated rings. The van der Waals surface area contributed by atoms with Crippen LogP contribution in [0.5, 0.6) is 11.5 Å². The molecular weight excluding hydrogens is 448 g/mol. The quantitative estimate of drug-likeness (QED) is 0.553. The topological polar surface area (TPSA) is 87.3 Å². The van der Waals surface area contributed by atoms with Crippen LogP contribution in [0.1, 0.15) is 31.4 Å². The van der Waals surface area contributed by atoms with Crippen LogP contribution < -0.4 is 9.47 Å². The first-order valence-electron chi connectivity index (χ1n) is 10.1. The molecule has 1 N–H and O–H groups in total. The SMILES string of the molecule is CCOc1cc(/C=C2/C(=N)N3N=C(CC)SC3=NC2=O)ccc1OCc1ccccc1Cl. The molecule has 0 unspecified atom stereocenters. The normalized spacial score (nSPS) is 16.7. The van der Waals surface area contributed by atoms with Gasteiger partial charge in [-0.2, -0.15) is 15.1 Å². The van der Waals surface area contributed by atoms with Gasteiger partial charge in [0.05, 0.1) is 12.2 Å². The molecule has 7 nitrogen and oxygen atoms in total. The van der Waals surface area contributed by atoms with Crippen molar-refractivity contribution in [2.45, 2.75) is 26.9 Å². The highest BCUT2D eigenvalue weighted by molar-refractivity contribution is 8.26. The zero-order valence-corrected chi connectivity index (χ0v) is 19.2. The van der Waals surface area contributed by atoms with Crippen LogP contribution in [0.2, 0.25) is 5.02 Å². The number of halogens is 1. The van der Waals surface area contributed by atoms with Gasteiger partial charge in [0.2, 0.25) is 5.17 Å². The molecule has 0 spiro atoms. The van der Waals surface area contributed by atoms with E-state index >= 15 is 0 Å². The summed E-state index contributed by atoms with van der Waals surface area (Å²) in [5.41, 5.74) is 1.73. The minimum Gasteiger partial charge on any atom is -0.490 e. The zero-order chi connectivity index (χ0) is 22.7. The third-order valence-electron chi connectivity index (χ3n) is 4.72. The summed E-state index contributed by atoms with van der Waals surface area (Å²) in [6, 6.07) is 12.8. The predicted octanol–water partition coefficient (Wildman–Crippen LogP) is 5.35. The fourth-order valence-electron chi connectivity index (χ4n) is 3.11. The third kappa shape index (κ3) is 4.56. The maximum Gasteiger partial charge on any atom is 0.283 e. The molecule has 0 saturated carbocycles. The van der Waals surface area contributed by atoms with Crippen molar-refractivity contribution < 1.29 is 14.3 Å². The summed E-state index contributed by atoms with van der Waals surface area (Å²) in [7, 11) is 0. The minimum atomic E-state index is -0.460. The Morgan fingerprint density at radius 2 is 1.97 bits per heavy atom. The number of fused-ring (bicyclic) bond motifs is 1.